The lowest BCUT2D eigenvalue weighted by Crippen LogP contribution is -2.37. The van der Waals surface area contributed by atoms with E-state index in [2.05, 4.69) is 0 Å². The number of rotatable bonds is 2. The second-order valence-electron chi connectivity index (χ2n) is 8.41. The summed E-state index contributed by atoms with van der Waals surface area (Å²) in [4.78, 5) is 30.4. The molecule has 0 aliphatic carbocycles. The Morgan fingerprint density at radius 1 is 0.829 bits per heavy atom. The third kappa shape index (κ3) is 2.68. The van der Waals surface area contributed by atoms with Crippen molar-refractivity contribution in [3.63, 3.8) is 0 Å². The Morgan fingerprint density at radius 2 is 1.54 bits per heavy atom. The molecule has 0 radical (unpaired) electrons. The molecule has 2 aliphatic heterocycles. The molecule has 0 fully saturated rings. The molecule has 0 atom stereocenters. The maximum absolute atomic E-state index is 13.1. The van der Waals surface area contributed by atoms with Gasteiger partial charge in [-0.2, -0.15) is 4.98 Å². The van der Waals surface area contributed by atoms with E-state index in [0.29, 0.717) is 53.2 Å². The molecular formula is C24H19N5O6. The zero-order valence-electron chi connectivity index (χ0n) is 18.8. The van der Waals surface area contributed by atoms with Crippen LogP contribution in [0.3, 0.4) is 0 Å². The van der Waals surface area contributed by atoms with E-state index >= 15 is 0 Å². The van der Waals surface area contributed by atoms with Gasteiger partial charge in [-0.3, -0.25) is 22.9 Å². The molecular weight excluding hydrogens is 454 g/mol. The van der Waals surface area contributed by atoms with E-state index < -0.39 is 11.2 Å². The van der Waals surface area contributed by atoms with Crippen LogP contribution in [0.5, 0.6) is 23.0 Å². The molecule has 176 valence electrons. The van der Waals surface area contributed by atoms with Gasteiger partial charge in [0, 0.05) is 31.9 Å². The highest BCUT2D eigenvalue weighted by molar-refractivity contribution is 5.80. The minimum atomic E-state index is -0.440. The molecule has 5 aromatic rings. The topological polar surface area (TPSA) is 103 Å². The Hall–Kier alpha value is -4.67. The second kappa shape index (κ2) is 6.92. The van der Waals surface area contributed by atoms with Gasteiger partial charge in [-0.25, -0.2) is 4.79 Å². The summed E-state index contributed by atoms with van der Waals surface area (Å²) in [5.74, 6) is 3.07. The van der Waals surface area contributed by atoms with Gasteiger partial charge in [0.2, 0.25) is 12.6 Å². The van der Waals surface area contributed by atoms with Crippen molar-refractivity contribution in [2.75, 3.05) is 20.0 Å². The largest absolute Gasteiger partial charge is 0.486 e. The second-order valence-corrected chi connectivity index (χ2v) is 8.41. The molecule has 11 nitrogen and oxygen atoms in total. The Balaban J connectivity index is 1.58. The van der Waals surface area contributed by atoms with Crippen molar-refractivity contribution >= 4 is 16.9 Å². The first kappa shape index (κ1) is 19.8. The van der Waals surface area contributed by atoms with Crippen LogP contribution in [0.2, 0.25) is 0 Å². The summed E-state index contributed by atoms with van der Waals surface area (Å²) in [6, 6.07) is 11.3. The van der Waals surface area contributed by atoms with E-state index in [1.54, 1.807) is 11.4 Å². The molecule has 3 aromatic heterocycles. The number of hydrogen-bond donors (Lipinski definition) is 0. The molecule has 11 heteroatoms. The van der Waals surface area contributed by atoms with Crippen LogP contribution in [0, 0.1) is 0 Å². The molecule has 0 saturated carbocycles. The lowest BCUT2D eigenvalue weighted by Gasteiger charge is -2.19. The summed E-state index contributed by atoms with van der Waals surface area (Å²) in [5, 5.41) is 0. The fraction of sp³-hybridized carbons (Fsp3) is 0.208. The van der Waals surface area contributed by atoms with E-state index in [1.807, 2.05) is 47.2 Å². The molecule has 7 rings (SSSR count). The number of aryl methyl sites for hydroxylation is 1. The number of imidazole rings is 2. The standard InChI is InChI=1S/C24H19N5O6/c1-26-21-20(22(30)27(2)24(26)31)28-11-15(13-3-5-17-18(9-13)35-12-34-17)29(23(28)25-21)14-4-6-16-19(10-14)33-8-7-32-16/h3-6,9-11H,7-8,12H2,1-2H3. The van der Waals surface area contributed by atoms with Crippen molar-refractivity contribution < 1.29 is 18.9 Å². The molecule has 0 bridgehead atoms. The molecule has 0 amide bonds. The van der Waals surface area contributed by atoms with Crippen molar-refractivity contribution in [3.05, 3.63) is 63.4 Å². The average molecular weight is 473 g/mol. The third-order valence-electron chi connectivity index (χ3n) is 6.42. The Kier molecular flexibility index (Phi) is 3.91. The van der Waals surface area contributed by atoms with Gasteiger partial charge in [-0.15, -0.1) is 0 Å². The maximum Gasteiger partial charge on any atom is 0.332 e. The predicted molar refractivity (Wildman–Crippen MR) is 125 cm³/mol. The molecule has 35 heavy (non-hydrogen) atoms. The minimum absolute atomic E-state index is 0.167. The third-order valence-corrected chi connectivity index (χ3v) is 6.42. The monoisotopic (exact) mass is 473 g/mol. The van der Waals surface area contributed by atoms with Gasteiger partial charge in [0.25, 0.3) is 5.56 Å². The minimum Gasteiger partial charge on any atom is -0.486 e. The Bertz CT molecular complexity index is 1810. The van der Waals surface area contributed by atoms with Crippen LogP contribution in [0.25, 0.3) is 33.9 Å². The van der Waals surface area contributed by atoms with Crippen LogP contribution in [-0.4, -0.2) is 43.1 Å². The Morgan fingerprint density at radius 3 is 2.40 bits per heavy atom. The van der Waals surface area contributed by atoms with Crippen molar-refractivity contribution in [1.82, 2.24) is 23.1 Å². The Labute approximate surface area is 196 Å². The number of ether oxygens (including phenoxy) is 4. The van der Waals surface area contributed by atoms with Crippen LogP contribution in [0.15, 0.2) is 52.2 Å². The summed E-state index contributed by atoms with van der Waals surface area (Å²) >= 11 is 0. The van der Waals surface area contributed by atoms with E-state index in [9.17, 15) is 9.59 Å². The van der Waals surface area contributed by atoms with Crippen LogP contribution in [0.4, 0.5) is 0 Å². The highest BCUT2D eigenvalue weighted by Crippen LogP contribution is 2.39. The molecule has 0 saturated heterocycles. The maximum atomic E-state index is 13.1. The average Bonchev–Trinajstić information content (AvgIpc) is 3.59. The molecule has 2 aromatic carbocycles. The first-order valence-electron chi connectivity index (χ1n) is 11.0. The normalized spacial score (nSPS) is 14.2. The summed E-state index contributed by atoms with van der Waals surface area (Å²) in [6.07, 6.45) is 1.84. The van der Waals surface area contributed by atoms with E-state index in [1.165, 1.54) is 11.6 Å². The zero-order chi connectivity index (χ0) is 23.8. The number of fused-ring (bicyclic) bond motifs is 5. The highest BCUT2D eigenvalue weighted by atomic mass is 16.7. The summed E-state index contributed by atoms with van der Waals surface area (Å²) in [6.45, 7) is 1.11. The number of benzene rings is 2. The summed E-state index contributed by atoms with van der Waals surface area (Å²) in [5.41, 5.74) is 2.11. The van der Waals surface area contributed by atoms with Gasteiger partial charge in [0.15, 0.2) is 34.2 Å². The van der Waals surface area contributed by atoms with Crippen molar-refractivity contribution in [2.45, 2.75) is 0 Å². The lowest BCUT2D eigenvalue weighted by molar-refractivity contribution is 0.171. The zero-order valence-corrected chi connectivity index (χ0v) is 18.8. The first-order chi connectivity index (χ1) is 17.0. The fourth-order valence-corrected chi connectivity index (χ4v) is 4.66. The van der Waals surface area contributed by atoms with Gasteiger partial charge in [0.1, 0.15) is 13.2 Å². The van der Waals surface area contributed by atoms with Crippen LogP contribution >= 0.6 is 0 Å². The van der Waals surface area contributed by atoms with Crippen molar-refractivity contribution in [1.29, 1.82) is 0 Å². The van der Waals surface area contributed by atoms with Gasteiger partial charge < -0.3 is 18.9 Å². The summed E-state index contributed by atoms with van der Waals surface area (Å²) < 4.78 is 28.6. The fourth-order valence-electron chi connectivity index (χ4n) is 4.66. The molecule has 5 heterocycles. The van der Waals surface area contributed by atoms with Crippen molar-refractivity contribution in [3.8, 4) is 39.9 Å². The van der Waals surface area contributed by atoms with Gasteiger partial charge in [0.05, 0.1) is 11.4 Å². The smallest absolute Gasteiger partial charge is 0.332 e. The number of aromatic nitrogens is 5. The predicted octanol–water partition coefficient (Wildman–Crippen LogP) is 1.84. The van der Waals surface area contributed by atoms with Crippen LogP contribution in [0.1, 0.15) is 0 Å². The summed E-state index contributed by atoms with van der Waals surface area (Å²) in [7, 11) is 3.06. The molecule has 0 N–H and O–H groups in total. The lowest BCUT2D eigenvalue weighted by atomic mass is 10.1. The SMILES string of the molecule is Cn1c(=O)c2c(nc3n(-c4ccc5c(c4)OCCO5)c(-c4ccc5c(c4)OCO5)cn23)n(C)c1=O. The highest BCUT2D eigenvalue weighted by Gasteiger charge is 2.24. The number of nitrogens with zero attached hydrogens (tertiary/aromatic N) is 5. The van der Waals surface area contributed by atoms with E-state index in [-0.39, 0.29) is 6.79 Å². The van der Waals surface area contributed by atoms with Crippen LogP contribution in [-0.2, 0) is 14.1 Å². The molecule has 0 unspecified atom stereocenters. The van der Waals surface area contributed by atoms with Gasteiger partial charge in [-0.05, 0) is 30.3 Å². The van der Waals surface area contributed by atoms with E-state index in [0.717, 1.165) is 21.5 Å². The van der Waals surface area contributed by atoms with Crippen molar-refractivity contribution in [2.24, 2.45) is 14.1 Å². The first-order valence-corrected chi connectivity index (χ1v) is 11.0. The number of hydrogen-bond acceptors (Lipinski definition) is 7. The van der Waals surface area contributed by atoms with E-state index in [4.69, 9.17) is 23.9 Å². The van der Waals surface area contributed by atoms with Gasteiger partial charge >= 0.3 is 5.69 Å². The van der Waals surface area contributed by atoms with Gasteiger partial charge in [-0.1, -0.05) is 0 Å². The quantitative estimate of drug-likeness (QED) is 0.385. The van der Waals surface area contributed by atoms with Crippen LogP contribution < -0.4 is 30.2 Å². The molecule has 0 spiro atoms. The molecule has 2 aliphatic rings.